The Bertz CT molecular complexity index is 1560. The van der Waals surface area contributed by atoms with E-state index in [0.717, 1.165) is 42.8 Å². The van der Waals surface area contributed by atoms with Gasteiger partial charge < -0.3 is 38.1 Å². The molecule has 0 radical (unpaired) electrons. The first-order chi connectivity index (χ1) is 22.3. The number of nitrogens with zero attached hydrogens (tertiary/aromatic N) is 1. The zero-order valence-electron chi connectivity index (χ0n) is 27.4. The van der Waals surface area contributed by atoms with Gasteiger partial charge in [-0.15, -0.1) is 0 Å². The second kappa shape index (κ2) is 13.4. The topological polar surface area (TPSA) is 118 Å². The van der Waals surface area contributed by atoms with E-state index < -0.39 is 18.1 Å². The molecule has 6 atom stereocenters. The van der Waals surface area contributed by atoms with Gasteiger partial charge in [0.05, 0.1) is 47.5 Å². The summed E-state index contributed by atoms with van der Waals surface area (Å²) in [7, 11) is 9.33. The highest BCUT2D eigenvalue weighted by molar-refractivity contribution is 5.86. The lowest BCUT2D eigenvalue weighted by Crippen LogP contribution is -2.58. The van der Waals surface area contributed by atoms with E-state index in [9.17, 15) is 9.59 Å². The Morgan fingerprint density at radius 3 is 2.35 bits per heavy atom. The zero-order valence-corrected chi connectivity index (χ0v) is 27.4. The number of hydrogen-bond acceptors (Lipinski definition) is 10. The van der Waals surface area contributed by atoms with Crippen molar-refractivity contribution in [2.45, 2.75) is 50.4 Å². The Morgan fingerprint density at radius 1 is 0.935 bits per heavy atom. The molecule has 0 amide bonds. The molecular weight excluding hydrogens is 592 g/mol. The first-order valence-corrected chi connectivity index (χ1v) is 15.8. The van der Waals surface area contributed by atoms with E-state index in [1.807, 2.05) is 24.3 Å². The van der Waals surface area contributed by atoms with Gasteiger partial charge in [0, 0.05) is 49.3 Å². The second-order valence-electron chi connectivity index (χ2n) is 12.4. The number of aryl methyl sites for hydroxylation is 1. The molecule has 0 bridgehead atoms. The number of carbonyl (C=O) groups is 2. The fourth-order valence-corrected chi connectivity index (χ4v) is 8.11. The number of hydrogen-bond donors (Lipinski definition) is 1. The fraction of sp³-hybridized carbons (Fsp3) is 0.543. The van der Waals surface area contributed by atoms with Crippen LogP contribution >= 0.6 is 0 Å². The van der Waals surface area contributed by atoms with Gasteiger partial charge in [0.15, 0.2) is 11.5 Å². The average molecular weight is 637 g/mol. The second-order valence-corrected chi connectivity index (χ2v) is 12.4. The summed E-state index contributed by atoms with van der Waals surface area (Å²) in [6.07, 6.45) is 1.72. The number of H-pyrrole nitrogens is 1. The lowest BCUT2D eigenvalue weighted by atomic mass is 9.63. The molecule has 0 unspecified atom stereocenters. The lowest BCUT2D eigenvalue weighted by Gasteiger charge is -2.52. The van der Waals surface area contributed by atoms with Crippen LogP contribution in [0.3, 0.4) is 0 Å². The van der Waals surface area contributed by atoms with Crippen LogP contribution in [0, 0.1) is 17.8 Å². The lowest BCUT2D eigenvalue weighted by molar-refractivity contribution is -0.189. The summed E-state index contributed by atoms with van der Waals surface area (Å²) >= 11 is 0. The molecule has 1 saturated heterocycles. The monoisotopic (exact) mass is 636 g/mol. The molecule has 0 spiro atoms. The molecule has 2 aliphatic heterocycles. The molecule has 1 N–H and O–H groups in total. The zero-order chi connectivity index (χ0) is 32.5. The minimum atomic E-state index is -0.611. The Hall–Kier alpha value is -3.96. The van der Waals surface area contributed by atoms with E-state index in [2.05, 4.69) is 16.0 Å². The van der Waals surface area contributed by atoms with Crippen molar-refractivity contribution < 1.29 is 42.7 Å². The van der Waals surface area contributed by atoms with Crippen molar-refractivity contribution >= 4 is 22.8 Å². The van der Waals surface area contributed by atoms with Crippen LogP contribution in [0.1, 0.15) is 42.1 Å². The molecular formula is C35H44N2O9. The summed E-state index contributed by atoms with van der Waals surface area (Å²) in [6, 6.07) is 9.98. The summed E-state index contributed by atoms with van der Waals surface area (Å²) < 4.78 is 39.2. The van der Waals surface area contributed by atoms with Gasteiger partial charge in [-0.25, -0.2) is 0 Å². The third-order valence-electron chi connectivity index (χ3n) is 10.2. The minimum absolute atomic E-state index is 0.0136. The fourth-order valence-electron chi connectivity index (χ4n) is 8.11. The highest BCUT2D eigenvalue weighted by Crippen LogP contribution is 2.50. The highest BCUT2D eigenvalue weighted by Gasteiger charge is 2.54. The number of fused-ring (bicyclic) bond motifs is 6. The van der Waals surface area contributed by atoms with Crippen molar-refractivity contribution in [1.82, 2.24) is 9.88 Å². The van der Waals surface area contributed by atoms with E-state index in [1.165, 1.54) is 23.8 Å². The van der Waals surface area contributed by atoms with E-state index in [4.69, 9.17) is 33.2 Å². The summed E-state index contributed by atoms with van der Waals surface area (Å²) in [6.45, 7) is 1.73. The van der Waals surface area contributed by atoms with Crippen molar-refractivity contribution in [3.8, 4) is 23.0 Å². The minimum Gasteiger partial charge on any atom is -0.497 e. The maximum Gasteiger partial charge on any atom is 0.311 e. The van der Waals surface area contributed by atoms with Gasteiger partial charge >= 0.3 is 11.9 Å². The molecule has 2 aromatic carbocycles. The largest absolute Gasteiger partial charge is 0.497 e. The van der Waals surface area contributed by atoms with Crippen LogP contribution in [0.25, 0.3) is 10.9 Å². The van der Waals surface area contributed by atoms with Gasteiger partial charge in [-0.05, 0) is 72.9 Å². The first kappa shape index (κ1) is 32.0. The third kappa shape index (κ3) is 5.75. The Kier molecular flexibility index (Phi) is 9.33. The quantitative estimate of drug-likeness (QED) is 0.319. The number of ether oxygens (including phenoxy) is 7. The maximum atomic E-state index is 13.4. The average Bonchev–Trinajstić information content (AvgIpc) is 3.46. The molecule has 3 heterocycles. The molecule has 46 heavy (non-hydrogen) atoms. The predicted molar refractivity (Wildman–Crippen MR) is 170 cm³/mol. The van der Waals surface area contributed by atoms with E-state index in [1.54, 1.807) is 35.5 Å². The van der Waals surface area contributed by atoms with Gasteiger partial charge in [-0.3, -0.25) is 14.5 Å². The number of piperidine rings is 1. The molecule has 1 saturated carbocycles. The summed E-state index contributed by atoms with van der Waals surface area (Å²) in [5.74, 6) is 1.28. The number of benzene rings is 2. The number of rotatable bonds is 10. The van der Waals surface area contributed by atoms with E-state index >= 15 is 0 Å². The van der Waals surface area contributed by atoms with Crippen LogP contribution in [0.15, 0.2) is 30.3 Å². The molecule has 11 heteroatoms. The molecule has 248 valence electrons. The predicted octanol–water partition coefficient (Wildman–Crippen LogP) is 4.49. The number of aromatic amines is 1. The van der Waals surface area contributed by atoms with Crippen LogP contribution in [-0.4, -0.2) is 89.8 Å². The van der Waals surface area contributed by atoms with Crippen LogP contribution in [0.2, 0.25) is 0 Å². The van der Waals surface area contributed by atoms with Crippen LogP contribution in [0.4, 0.5) is 0 Å². The highest BCUT2D eigenvalue weighted by atomic mass is 16.6. The van der Waals surface area contributed by atoms with Gasteiger partial charge in [0.25, 0.3) is 0 Å². The van der Waals surface area contributed by atoms with Gasteiger partial charge in [-0.1, -0.05) is 0 Å². The van der Waals surface area contributed by atoms with Crippen molar-refractivity contribution in [3.63, 3.8) is 0 Å². The van der Waals surface area contributed by atoms with Crippen molar-refractivity contribution in [2.75, 3.05) is 55.7 Å². The molecule has 3 aliphatic rings. The van der Waals surface area contributed by atoms with Crippen molar-refractivity contribution in [1.29, 1.82) is 0 Å². The summed E-state index contributed by atoms with van der Waals surface area (Å²) in [4.78, 5) is 32.9. The van der Waals surface area contributed by atoms with Crippen LogP contribution < -0.4 is 18.9 Å². The number of aromatic nitrogens is 1. The number of carbonyl (C=O) groups excluding carboxylic acids is 2. The Morgan fingerprint density at radius 2 is 1.70 bits per heavy atom. The number of methoxy groups -OCH3 is 6. The number of nitrogens with one attached hydrogen (secondary N) is 1. The normalized spacial score (nSPS) is 25.5. The molecule has 11 nitrogen and oxygen atoms in total. The standard InChI is InChI=1S/C35H44N2O9/c1-40-21-8-9-22-23-11-12-37-18-20-15-29(46-30(38)10-7-19-13-27(41-2)33(43-4)28(14-19)42-3)34(44-5)31(35(39)45-6)24(20)17-26(37)32(23)36-25(22)16-21/h8-9,13-14,16,20,24,26,29,31,34,36H,7,10-12,15,17-18H2,1-6H3/t20-,24-,26+,29-,31+,34+/m1/s1. The number of esters is 2. The van der Waals surface area contributed by atoms with Crippen LogP contribution in [-0.2, 0) is 36.6 Å². The maximum absolute atomic E-state index is 13.4. The smallest absolute Gasteiger partial charge is 0.311 e. The van der Waals surface area contributed by atoms with Gasteiger partial charge in [0.2, 0.25) is 5.75 Å². The summed E-state index contributed by atoms with van der Waals surface area (Å²) in [5.41, 5.74) is 4.47. The Labute approximate surface area is 269 Å². The SMILES string of the molecule is COC(=O)[C@H]1[C@@H]2C[C@H]3c4[nH]c5cc(OC)ccc5c4CCN3C[C@H]2C[C@@H](OC(=O)CCc2cc(OC)c(OC)c(OC)c2)[C@@H]1OC. The van der Waals surface area contributed by atoms with Crippen molar-refractivity contribution in [2.24, 2.45) is 17.8 Å². The van der Waals surface area contributed by atoms with Gasteiger partial charge in [-0.2, -0.15) is 0 Å². The summed E-state index contributed by atoms with van der Waals surface area (Å²) in [5, 5.41) is 1.22. The first-order valence-electron chi connectivity index (χ1n) is 15.8. The van der Waals surface area contributed by atoms with Crippen LogP contribution in [0.5, 0.6) is 23.0 Å². The van der Waals surface area contributed by atoms with E-state index in [-0.39, 0.29) is 36.2 Å². The van der Waals surface area contributed by atoms with Crippen molar-refractivity contribution in [3.05, 3.63) is 47.2 Å². The van der Waals surface area contributed by atoms with E-state index in [0.29, 0.717) is 30.1 Å². The third-order valence-corrected chi connectivity index (χ3v) is 10.2. The Balaban J connectivity index is 1.20. The molecule has 2 fully saturated rings. The molecule has 1 aromatic heterocycles. The van der Waals surface area contributed by atoms with Gasteiger partial charge in [0.1, 0.15) is 18.0 Å². The molecule has 6 rings (SSSR count). The molecule has 3 aromatic rings. The molecule has 1 aliphatic carbocycles.